The fourth-order valence-corrected chi connectivity index (χ4v) is 2.36. The molecule has 1 aromatic carbocycles. The number of allylic oxidation sites excluding steroid dienone is 2. The number of aldehydes is 1. The van der Waals surface area contributed by atoms with Gasteiger partial charge in [-0.05, 0) is 49.8 Å². The zero-order valence-corrected chi connectivity index (χ0v) is 12.2. The van der Waals surface area contributed by atoms with Crippen LogP contribution in [0.1, 0.15) is 46.1 Å². The Balaban J connectivity index is 3.06. The van der Waals surface area contributed by atoms with Gasteiger partial charge >= 0.3 is 0 Å². The van der Waals surface area contributed by atoms with E-state index in [0.717, 1.165) is 24.7 Å². The van der Waals surface area contributed by atoms with Crippen molar-refractivity contribution in [3.63, 3.8) is 0 Å². The molecule has 0 saturated heterocycles. The van der Waals surface area contributed by atoms with Gasteiger partial charge in [0, 0.05) is 5.92 Å². The summed E-state index contributed by atoms with van der Waals surface area (Å²) in [5.74, 6) is -0.225. The van der Waals surface area contributed by atoms with Crippen molar-refractivity contribution < 1.29 is 9.18 Å². The van der Waals surface area contributed by atoms with Crippen molar-refractivity contribution in [3.8, 4) is 0 Å². The van der Waals surface area contributed by atoms with Crippen LogP contribution in [0.3, 0.4) is 0 Å². The second-order valence-electron chi connectivity index (χ2n) is 5.87. The predicted molar refractivity (Wildman–Crippen MR) is 77.6 cm³/mol. The van der Waals surface area contributed by atoms with Crippen LogP contribution in [-0.2, 0) is 10.2 Å². The minimum absolute atomic E-state index is 0.000570. The average Bonchev–Trinajstić information content (AvgIpc) is 2.37. The van der Waals surface area contributed by atoms with Gasteiger partial charge in [-0.1, -0.05) is 37.6 Å². The molecule has 0 heterocycles. The lowest BCUT2D eigenvalue weighted by atomic mass is 9.73. The molecule has 19 heavy (non-hydrogen) atoms. The number of benzene rings is 1. The summed E-state index contributed by atoms with van der Waals surface area (Å²) in [5.41, 5.74) is 2.21. The summed E-state index contributed by atoms with van der Waals surface area (Å²) in [6, 6.07) is 6.63. The number of carbonyl (C=O) groups is 1. The fourth-order valence-electron chi connectivity index (χ4n) is 2.36. The van der Waals surface area contributed by atoms with E-state index in [4.69, 9.17) is 0 Å². The predicted octanol–water partition coefficient (Wildman–Crippen LogP) is 4.66. The van der Waals surface area contributed by atoms with E-state index in [1.807, 2.05) is 19.1 Å². The lowest BCUT2D eigenvalue weighted by Gasteiger charge is -2.31. The molecule has 2 heteroatoms. The monoisotopic (exact) mass is 262 g/mol. The van der Waals surface area contributed by atoms with E-state index in [1.165, 1.54) is 17.7 Å². The van der Waals surface area contributed by atoms with Crippen molar-refractivity contribution in [2.45, 2.75) is 46.0 Å². The molecule has 0 amide bonds. The summed E-state index contributed by atoms with van der Waals surface area (Å²) >= 11 is 0. The van der Waals surface area contributed by atoms with E-state index in [-0.39, 0.29) is 17.2 Å². The molecule has 2 atom stereocenters. The van der Waals surface area contributed by atoms with Crippen LogP contribution >= 0.6 is 0 Å². The Labute approximate surface area is 115 Å². The maximum Gasteiger partial charge on any atom is 0.123 e. The van der Waals surface area contributed by atoms with Gasteiger partial charge in [0.2, 0.25) is 0 Å². The Hall–Kier alpha value is -1.44. The van der Waals surface area contributed by atoms with Gasteiger partial charge in [0.15, 0.2) is 0 Å². The van der Waals surface area contributed by atoms with Crippen LogP contribution < -0.4 is 0 Å². The second kappa shape index (κ2) is 6.65. The minimum Gasteiger partial charge on any atom is -0.303 e. The van der Waals surface area contributed by atoms with Gasteiger partial charge < -0.3 is 4.79 Å². The first kappa shape index (κ1) is 15.6. The average molecular weight is 262 g/mol. The van der Waals surface area contributed by atoms with Crippen LogP contribution in [0.5, 0.6) is 0 Å². The summed E-state index contributed by atoms with van der Waals surface area (Å²) in [7, 11) is 0. The van der Waals surface area contributed by atoms with Crippen LogP contribution in [0.2, 0.25) is 0 Å². The maximum absolute atomic E-state index is 13.0. The zero-order valence-electron chi connectivity index (χ0n) is 12.2. The second-order valence-corrected chi connectivity index (χ2v) is 5.87. The summed E-state index contributed by atoms with van der Waals surface area (Å²) in [6.07, 6.45) is 4.80. The van der Waals surface area contributed by atoms with Gasteiger partial charge in [-0.25, -0.2) is 4.39 Å². The zero-order chi connectivity index (χ0) is 14.5. The van der Waals surface area contributed by atoms with E-state index >= 15 is 0 Å². The summed E-state index contributed by atoms with van der Waals surface area (Å²) in [6.45, 7) is 8.19. The third kappa shape index (κ3) is 4.62. The third-order valence-electron chi connectivity index (χ3n) is 3.51. The molecular formula is C17H23FO. The summed E-state index contributed by atoms with van der Waals surface area (Å²) in [5, 5.41) is 0. The Kier molecular flexibility index (Phi) is 5.46. The van der Waals surface area contributed by atoms with Gasteiger partial charge in [-0.3, -0.25) is 0 Å². The van der Waals surface area contributed by atoms with Gasteiger partial charge in [-0.2, -0.15) is 0 Å². The maximum atomic E-state index is 13.0. The quantitative estimate of drug-likeness (QED) is 0.538. The molecule has 0 aliphatic heterocycles. The number of halogens is 1. The Bertz CT molecular complexity index is 443. The molecule has 0 bridgehead atoms. The molecule has 1 aromatic rings. The highest BCUT2D eigenvalue weighted by molar-refractivity contribution is 5.53. The highest BCUT2D eigenvalue weighted by Crippen LogP contribution is 2.35. The van der Waals surface area contributed by atoms with Crippen molar-refractivity contribution in [3.05, 3.63) is 47.3 Å². The lowest BCUT2D eigenvalue weighted by Crippen LogP contribution is -2.25. The smallest absolute Gasteiger partial charge is 0.123 e. The molecule has 104 valence electrons. The van der Waals surface area contributed by atoms with Crippen LogP contribution in [-0.4, -0.2) is 6.29 Å². The Morgan fingerprint density at radius 3 is 2.37 bits per heavy atom. The fraction of sp³-hybridized carbons (Fsp3) is 0.471. The van der Waals surface area contributed by atoms with Gasteiger partial charge in [-0.15, -0.1) is 0 Å². The molecule has 2 unspecified atom stereocenters. The van der Waals surface area contributed by atoms with Gasteiger partial charge in [0.25, 0.3) is 0 Å². The number of hydrogen-bond acceptors (Lipinski definition) is 1. The number of rotatable bonds is 6. The van der Waals surface area contributed by atoms with E-state index in [0.29, 0.717) is 0 Å². The normalized spacial score (nSPS) is 15.4. The van der Waals surface area contributed by atoms with Crippen LogP contribution in [0, 0.1) is 11.7 Å². The number of hydrogen-bond donors (Lipinski definition) is 0. The van der Waals surface area contributed by atoms with Crippen LogP contribution in [0.15, 0.2) is 35.9 Å². The van der Waals surface area contributed by atoms with E-state index in [2.05, 4.69) is 26.8 Å². The third-order valence-corrected chi connectivity index (χ3v) is 3.51. The molecule has 0 radical (unpaired) electrons. The van der Waals surface area contributed by atoms with E-state index in [9.17, 15) is 9.18 Å². The van der Waals surface area contributed by atoms with E-state index < -0.39 is 0 Å². The molecular weight excluding hydrogens is 239 g/mol. The van der Waals surface area contributed by atoms with Crippen molar-refractivity contribution in [1.29, 1.82) is 0 Å². The Morgan fingerprint density at radius 2 is 1.89 bits per heavy atom. The first-order valence-electron chi connectivity index (χ1n) is 6.72. The molecule has 0 aromatic heterocycles. The van der Waals surface area contributed by atoms with Gasteiger partial charge in [0.05, 0.1) is 0 Å². The molecule has 0 saturated carbocycles. The number of carbonyl (C=O) groups excluding carboxylic acids is 1. The largest absolute Gasteiger partial charge is 0.303 e. The van der Waals surface area contributed by atoms with Gasteiger partial charge in [0.1, 0.15) is 12.1 Å². The topological polar surface area (TPSA) is 17.1 Å². The summed E-state index contributed by atoms with van der Waals surface area (Å²) < 4.78 is 13.0. The Morgan fingerprint density at radius 1 is 1.32 bits per heavy atom. The molecule has 0 aliphatic rings. The first-order chi connectivity index (χ1) is 8.87. The SMILES string of the molecule is CC(C)=CCC(C)(CC(C)C=O)c1ccc(F)cc1. The minimum atomic E-state index is -0.225. The highest BCUT2D eigenvalue weighted by atomic mass is 19.1. The lowest BCUT2D eigenvalue weighted by molar-refractivity contribution is -0.111. The first-order valence-corrected chi connectivity index (χ1v) is 6.72. The van der Waals surface area contributed by atoms with Crippen LogP contribution in [0.25, 0.3) is 0 Å². The van der Waals surface area contributed by atoms with Crippen molar-refractivity contribution in [1.82, 2.24) is 0 Å². The summed E-state index contributed by atoms with van der Waals surface area (Å²) in [4.78, 5) is 10.9. The molecule has 0 aliphatic carbocycles. The molecule has 1 nitrogen and oxygen atoms in total. The van der Waals surface area contributed by atoms with Crippen molar-refractivity contribution >= 4 is 6.29 Å². The van der Waals surface area contributed by atoms with Crippen LogP contribution in [0.4, 0.5) is 4.39 Å². The standard InChI is InChI=1S/C17H23FO/c1-13(2)9-10-17(4,11-14(3)12-19)15-5-7-16(18)8-6-15/h5-9,12,14H,10-11H2,1-4H3. The molecule has 1 rings (SSSR count). The molecule has 0 spiro atoms. The van der Waals surface area contributed by atoms with Crippen molar-refractivity contribution in [2.24, 2.45) is 5.92 Å². The molecule has 0 N–H and O–H groups in total. The molecule has 0 fully saturated rings. The van der Waals surface area contributed by atoms with Crippen molar-refractivity contribution in [2.75, 3.05) is 0 Å². The highest BCUT2D eigenvalue weighted by Gasteiger charge is 2.27. The van der Waals surface area contributed by atoms with E-state index in [1.54, 1.807) is 0 Å².